The van der Waals surface area contributed by atoms with Crippen molar-refractivity contribution in [1.82, 2.24) is 4.90 Å². The van der Waals surface area contributed by atoms with Gasteiger partial charge in [0.2, 0.25) is 5.91 Å². The van der Waals surface area contributed by atoms with Gasteiger partial charge in [-0.15, -0.1) is 23.4 Å². The number of alkyl halides is 1. The van der Waals surface area contributed by atoms with Crippen LogP contribution in [-0.4, -0.2) is 28.0 Å². The molecule has 5 atom stereocenters. The van der Waals surface area contributed by atoms with Crippen molar-refractivity contribution in [1.29, 1.82) is 0 Å². The first kappa shape index (κ1) is 14.3. The Bertz CT molecular complexity index is 395. The number of thioether (sulfide) groups is 1. The van der Waals surface area contributed by atoms with Gasteiger partial charge in [0.15, 0.2) is 0 Å². The second-order valence-corrected chi connectivity index (χ2v) is 7.36. The number of hydrogen-bond acceptors (Lipinski definition) is 2. The molecule has 0 fully saturated rings. The van der Waals surface area contributed by atoms with E-state index in [1.165, 1.54) is 10.6 Å². The molecule has 102 valence electrons. The number of carbonyl (C=O) groups excluding carboxylic acids is 1. The van der Waals surface area contributed by atoms with Crippen LogP contribution in [0.15, 0.2) is 10.6 Å². The zero-order valence-corrected chi connectivity index (χ0v) is 13.3. The van der Waals surface area contributed by atoms with Crippen LogP contribution in [0.2, 0.25) is 0 Å². The molecule has 2 nitrogen and oxygen atoms in total. The van der Waals surface area contributed by atoms with Crippen molar-refractivity contribution in [3.8, 4) is 0 Å². The number of hydrogen-bond donors (Lipinski definition) is 0. The topological polar surface area (TPSA) is 20.3 Å². The molecule has 5 unspecified atom stereocenters. The number of halogens is 1. The van der Waals surface area contributed by atoms with Crippen molar-refractivity contribution in [2.45, 2.75) is 45.2 Å². The minimum absolute atomic E-state index is 0.0237. The van der Waals surface area contributed by atoms with Crippen LogP contribution < -0.4 is 0 Å². The van der Waals surface area contributed by atoms with E-state index >= 15 is 0 Å². The van der Waals surface area contributed by atoms with Gasteiger partial charge in [-0.2, -0.15) is 0 Å². The van der Waals surface area contributed by atoms with Crippen molar-refractivity contribution >= 4 is 29.3 Å². The summed E-state index contributed by atoms with van der Waals surface area (Å²) in [6, 6.07) is 0. The van der Waals surface area contributed by atoms with Gasteiger partial charge in [0, 0.05) is 34.4 Å². The van der Waals surface area contributed by atoms with Gasteiger partial charge in [-0.1, -0.05) is 20.8 Å². The smallest absolute Gasteiger partial charge is 0.239 e. The number of rotatable bonds is 1. The number of nitrogens with zero attached hydrogens (tertiary/aromatic N) is 1. The van der Waals surface area contributed by atoms with Crippen molar-refractivity contribution in [2.24, 2.45) is 17.8 Å². The average Bonchev–Trinajstić information content (AvgIpc) is 2.36. The van der Waals surface area contributed by atoms with Crippen molar-refractivity contribution in [3.63, 3.8) is 0 Å². The molecule has 0 bridgehead atoms. The zero-order chi connectivity index (χ0) is 13.6. The Morgan fingerprint density at radius 1 is 1.22 bits per heavy atom. The van der Waals surface area contributed by atoms with Crippen LogP contribution in [0.25, 0.3) is 0 Å². The molecule has 0 aromatic rings. The standard InChI is InChI=1S/C14H22ClNOS/c1-6-16-12-8(3)7(2)11(15)9(4)13(12)18-10(5)14(16)17/h7-11H,6H2,1-5H3. The summed E-state index contributed by atoms with van der Waals surface area (Å²) in [4.78, 5) is 15.6. The van der Waals surface area contributed by atoms with Gasteiger partial charge >= 0.3 is 0 Å². The van der Waals surface area contributed by atoms with Crippen LogP contribution in [0.1, 0.15) is 34.6 Å². The maximum atomic E-state index is 12.3. The normalized spacial score (nSPS) is 41.1. The quantitative estimate of drug-likeness (QED) is 0.685. The molecule has 0 N–H and O–H groups in total. The maximum Gasteiger partial charge on any atom is 0.239 e. The van der Waals surface area contributed by atoms with Gasteiger partial charge in [0.1, 0.15) is 0 Å². The number of amides is 1. The monoisotopic (exact) mass is 287 g/mol. The molecule has 1 aliphatic carbocycles. The molecule has 0 saturated heterocycles. The second-order valence-electron chi connectivity index (χ2n) is 5.47. The first-order valence-corrected chi connectivity index (χ1v) is 8.07. The third kappa shape index (κ3) is 2.00. The SMILES string of the molecule is CCN1C(=O)C(C)SC2=C1C(C)C(C)C(Cl)C2C. The highest BCUT2D eigenvalue weighted by Crippen LogP contribution is 2.50. The Hall–Kier alpha value is -0.150. The third-order valence-corrected chi connectivity index (χ3v) is 6.56. The van der Waals surface area contributed by atoms with Gasteiger partial charge in [0.05, 0.1) is 5.25 Å². The highest BCUT2D eigenvalue weighted by molar-refractivity contribution is 8.04. The van der Waals surface area contributed by atoms with E-state index in [-0.39, 0.29) is 16.5 Å². The molecule has 18 heavy (non-hydrogen) atoms. The average molecular weight is 288 g/mol. The summed E-state index contributed by atoms with van der Waals surface area (Å²) in [6.45, 7) is 11.4. The van der Waals surface area contributed by atoms with Crippen LogP contribution in [0, 0.1) is 17.8 Å². The van der Waals surface area contributed by atoms with Crippen molar-refractivity contribution in [3.05, 3.63) is 10.6 Å². The lowest BCUT2D eigenvalue weighted by atomic mass is 9.78. The molecule has 0 aromatic heterocycles. The van der Waals surface area contributed by atoms with E-state index < -0.39 is 0 Å². The zero-order valence-electron chi connectivity index (χ0n) is 11.7. The Labute approximate surface area is 119 Å². The summed E-state index contributed by atoms with van der Waals surface area (Å²) < 4.78 is 0. The molecule has 0 aromatic carbocycles. The molecule has 4 heteroatoms. The lowest BCUT2D eigenvalue weighted by Crippen LogP contribution is -2.47. The lowest BCUT2D eigenvalue weighted by Gasteiger charge is -2.46. The molecule has 2 rings (SSSR count). The molecule has 0 spiro atoms. The minimum Gasteiger partial charge on any atom is -0.314 e. The molecule has 1 amide bonds. The van der Waals surface area contributed by atoms with Crippen LogP contribution in [0.3, 0.4) is 0 Å². The van der Waals surface area contributed by atoms with Crippen LogP contribution in [0.5, 0.6) is 0 Å². The molecular weight excluding hydrogens is 266 g/mol. The van der Waals surface area contributed by atoms with Gasteiger partial charge in [-0.3, -0.25) is 4.79 Å². The number of carbonyl (C=O) groups is 1. The van der Waals surface area contributed by atoms with Crippen LogP contribution in [-0.2, 0) is 4.79 Å². The summed E-state index contributed by atoms with van der Waals surface area (Å²) in [5.41, 5.74) is 1.24. The van der Waals surface area contributed by atoms with Gasteiger partial charge in [0.25, 0.3) is 0 Å². The van der Waals surface area contributed by atoms with E-state index in [2.05, 4.69) is 27.7 Å². The highest BCUT2D eigenvalue weighted by Gasteiger charge is 2.44. The fourth-order valence-corrected chi connectivity index (χ4v) is 4.84. The predicted molar refractivity (Wildman–Crippen MR) is 78.6 cm³/mol. The Morgan fingerprint density at radius 2 is 1.83 bits per heavy atom. The van der Waals surface area contributed by atoms with E-state index in [1.54, 1.807) is 11.8 Å². The third-order valence-electron chi connectivity index (χ3n) is 4.39. The fraction of sp³-hybridized carbons (Fsp3) is 0.786. The predicted octanol–water partition coefficient (Wildman–Crippen LogP) is 3.71. The lowest BCUT2D eigenvalue weighted by molar-refractivity contribution is -0.129. The highest BCUT2D eigenvalue weighted by atomic mass is 35.5. The van der Waals surface area contributed by atoms with E-state index in [0.717, 1.165) is 6.54 Å². The van der Waals surface area contributed by atoms with Gasteiger partial charge in [-0.25, -0.2) is 0 Å². The Kier molecular flexibility index (Phi) is 4.03. The van der Waals surface area contributed by atoms with Gasteiger partial charge < -0.3 is 4.90 Å². The Balaban J connectivity index is 2.50. The van der Waals surface area contributed by atoms with E-state index in [1.807, 2.05) is 11.8 Å². The molecular formula is C14H22ClNOS. The first-order valence-electron chi connectivity index (χ1n) is 6.76. The van der Waals surface area contributed by atoms with E-state index in [9.17, 15) is 4.79 Å². The largest absolute Gasteiger partial charge is 0.314 e. The summed E-state index contributed by atoms with van der Waals surface area (Å²) in [5.74, 6) is 1.38. The first-order chi connectivity index (χ1) is 8.40. The summed E-state index contributed by atoms with van der Waals surface area (Å²) in [5, 5.41) is 0.195. The summed E-state index contributed by atoms with van der Waals surface area (Å²) in [7, 11) is 0. The maximum absolute atomic E-state index is 12.3. The van der Waals surface area contributed by atoms with Crippen molar-refractivity contribution < 1.29 is 4.79 Å². The molecule has 1 aliphatic heterocycles. The van der Waals surface area contributed by atoms with Crippen LogP contribution >= 0.6 is 23.4 Å². The van der Waals surface area contributed by atoms with Gasteiger partial charge in [-0.05, 0) is 19.8 Å². The van der Waals surface area contributed by atoms with E-state index in [0.29, 0.717) is 17.8 Å². The molecule has 1 heterocycles. The molecule has 0 radical (unpaired) electrons. The molecule has 2 aliphatic rings. The molecule has 0 saturated carbocycles. The Morgan fingerprint density at radius 3 is 2.39 bits per heavy atom. The van der Waals surface area contributed by atoms with Crippen molar-refractivity contribution in [2.75, 3.05) is 6.54 Å². The fourth-order valence-electron chi connectivity index (χ4n) is 3.03. The van der Waals surface area contributed by atoms with E-state index in [4.69, 9.17) is 11.6 Å². The minimum atomic E-state index is 0.0237. The summed E-state index contributed by atoms with van der Waals surface area (Å²) >= 11 is 8.28. The van der Waals surface area contributed by atoms with Crippen LogP contribution in [0.4, 0.5) is 0 Å². The second kappa shape index (κ2) is 5.09. The summed E-state index contributed by atoms with van der Waals surface area (Å²) in [6.07, 6.45) is 0. The number of allylic oxidation sites excluding steroid dienone is 2.